The highest BCUT2D eigenvalue weighted by molar-refractivity contribution is 5.96. The summed E-state index contributed by atoms with van der Waals surface area (Å²) < 4.78 is 0. The van der Waals surface area contributed by atoms with Crippen LogP contribution in [0.2, 0.25) is 0 Å². The van der Waals surface area contributed by atoms with E-state index in [2.05, 4.69) is 10.6 Å². The van der Waals surface area contributed by atoms with Crippen LogP contribution in [0.5, 0.6) is 0 Å². The van der Waals surface area contributed by atoms with Gasteiger partial charge in [0.15, 0.2) is 0 Å². The molecule has 174 valence electrons. The van der Waals surface area contributed by atoms with Crippen molar-refractivity contribution in [2.45, 2.75) is 56.8 Å². The molecule has 4 atom stereocenters. The first-order valence-electron chi connectivity index (χ1n) is 8.99. The highest BCUT2D eigenvalue weighted by Gasteiger charge is 2.31. The number of carboxylic acids is 1. The van der Waals surface area contributed by atoms with Crippen LogP contribution in [0.1, 0.15) is 32.6 Å². The number of hydrogen-bond donors (Lipinski definition) is 8. The predicted molar refractivity (Wildman–Crippen MR) is 103 cm³/mol. The van der Waals surface area contributed by atoms with Gasteiger partial charge in [-0.25, -0.2) is 4.79 Å². The van der Waals surface area contributed by atoms with E-state index in [1.807, 2.05) is 5.32 Å². The summed E-state index contributed by atoms with van der Waals surface area (Å²) in [7, 11) is 0. The van der Waals surface area contributed by atoms with E-state index in [0.29, 0.717) is 0 Å². The Hall–Kier alpha value is -3.75. The lowest BCUT2D eigenvalue weighted by molar-refractivity contribution is -0.144. The fourth-order valence-corrected chi connectivity index (χ4v) is 2.21. The smallest absolute Gasteiger partial charge is 0.326 e. The number of carbonyl (C=O) groups excluding carboxylic acids is 6. The maximum atomic E-state index is 12.5. The molecule has 12 N–H and O–H groups in total. The molecular formula is C16H27N7O8. The lowest BCUT2D eigenvalue weighted by Gasteiger charge is -2.24. The second kappa shape index (κ2) is 12.7. The average molecular weight is 445 g/mol. The molecule has 15 heteroatoms. The second-order valence-electron chi connectivity index (χ2n) is 6.66. The molecule has 15 nitrogen and oxygen atoms in total. The zero-order chi connectivity index (χ0) is 24.3. The van der Waals surface area contributed by atoms with Crippen molar-refractivity contribution in [3.63, 3.8) is 0 Å². The summed E-state index contributed by atoms with van der Waals surface area (Å²) in [5.74, 6) is -7.23. The van der Waals surface area contributed by atoms with Gasteiger partial charge in [0.2, 0.25) is 35.4 Å². The molecule has 0 saturated carbocycles. The minimum atomic E-state index is -1.70. The molecule has 0 aromatic carbocycles. The summed E-state index contributed by atoms with van der Waals surface area (Å²) in [5.41, 5.74) is 20.4. The molecule has 0 fully saturated rings. The number of carbonyl (C=O) groups is 7. The summed E-state index contributed by atoms with van der Waals surface area (Å²) in [6, 6.07) is -5.72. The van der Waals surface area contributed by atoms with Gasteiger partial charge >= 0.3 is 5.97 Å². The third kappa shape index (κ3) is 11.1. The second-order valence-corrected chi connectivity index (χ2v) is 6.66. The highest BCUT2D eigenvalue weighted by Crippen LogP contribution is 2.03. The van der Waals surface area contributed by atoms with E-state index < -0.39 is 78.4 Å². The van der Waals surface area contributed by atoms with Gasteiger partial charge in [-0.3, -0.25) is 28.8 Å². The largest absolute Gasteiger partial charge is 0.480 e. The SMILES string of the molecule is CC(N)C(=O)NC(CC(N)=O)C(=O)NC(CCC(N)=O)C(=O)NC(CC(N)=O)C(=O)O. The van der Waals surface area contributed by atoms with Crippen molar-refractivity contribution in [3.05, 3.63) is 0 Å². The van der Waals surface area contributed by atoms with Gasteiger partial charge in [0.1, 0.15) is 18.1 Å². The van der Waals surface area contributed by atoms with Crippen molar-refractivity contribution in [2.24, 2.45) is 22.9 Å². The van der Waals surface area contributed by atoms with Gasteiger partial charge in [0.05, 0.1) is 18.9 Å². The first kappa shape index (κ1) is 27.2. The van der Waals surface area contributed by atoms with Crippen LogP contribution in [-0.4, -0.2) is 70.7 Å². The van der Waals surface area contributed by atoms with Crippen LogP contribution in [0, 0.1) is 0 Å². The predicted octanol–water partition coefficient (Wildman–Crippen LogP) is -5.11. The van der Waals surface area contributed by atoms with Crippen molar-refractivity contribution < 1.29 is 38.7 Å². The molecule has 0 aromatic rings. The van der Waals surface area contributed by atoms with Crippen LogP contribution < -0.4 is 38.9 Å². The van der Waals surface area contributed by atoms with E-state index in [-0.39, 0.29) is 12.8 Å². The number of hydrogen-bond acceptors (Lipinski definition) is 8. The lowest BCUT2D eigenvalue weighted by Crippen LogP contribution is -2.57. The molecule has 0 aliphatic carbocycles. The summed E-state index contributed by atoms with van der Waals surface area (Å²) in [4.78, 5) is 81.3. The Morgan fingerprint density at radius 3 is 1.55 bits per heavy atom. The van der Waals surface area contributed by atoms with Crippen molar-refractivity contribution in [3.8, 4) is 0 Å². The van der Waals surface area contributed by atoms with E-state index in [1.54, 1.807) is 0 Å². The molecule has 0 aliphatic rings. The van der Waals surface area contributed by atoms with Crippen molar-refractivity contribution in [1.82, 2.24) is 16.0 Å². The highest BCUT2D eigenvalue weighted by atomic mass is 16.4. The molecule has 0 heterocycles. The Balaban J connectivity index is 5.54. The van der Waals surface area contributed by atoms with E-state index in [9.17, 15) is 33.6 Å². The molecule has 6 amide bonds. The third-order valence-electron chi connectivity index (χ3n) is 3.78. The van der Waals surface area contributed by atoms with Gasteiger partial charge < -0.3 is 44.0 Å². The first-order chi connectivity index (χ1) is 14.2. The Morgan fingerprint density at radius 2 is 1.13 bits per heavy atom. The van der Waals surface area contributed by atoms with Crippen LogP contribution in [0.15, 0.2) is 0 Å². The summed E-state index contributed by atoms with van der Waals surface area (Å²) in [6.07, 6.45) is -2.08. The normalized spacial score (nSPS) is 14.3. The molecule has 0 aromatic heterocycles. The van der Waals surface area contributed by atoms with Gasteiger partial charge in [0, 0.05) is 6.42 Å². The van der Waals surface area contributed by atoms with Crippen LogP contribution in [0.4, 0.5) is 0 Å². The third-order valence-corrected chi connectivity index (χ3v) is 3.78. The fourth-order valence-electron chi connectivity index (χ4n) is 2.21. The summed E-state index contributed by atoms with van der Waals surface area (Å²) in [5, 5.41) is 15.5. The van der Waals surface area contributed by atoms with Gasteiger partial charge in [-0.1, -0.05) is 0 Å². The molecule has 4 unspecified atom stereocenters. The average Bonchev–Trinajstić information content (AvgIpc) is 2.62. The molecule has 0 aliphatic heterocycles. The standard InChI is InChI=1S/C16H27N7O8/c1-6(17)13(27)22-8(4-11(19)25)15(29)21-7(2-3-10(18)24)14(28)23-9(16(30)31)5-12(20)26/h6-9H,2-5,17H2,1H3,(H2,18,24)(H2,19,25)(H2,20,26)(H,21,29)(H,22,27)(H,23,28)(H,30,31). The van der Waals surface area contributed by atoms with Gasteiger partial charge in [-0.05, 0) is 13.3 Å². The van der Waals surface area contributed by atoms with Crippen LogP contribution in [0.25, 0.3) is 0 Å². The molecule has 0 spiro atoms. The van der Waals surface area contributed by atoms with E-state index in [0.717, 1.165) is 0 Å². The number of nitrogens with two attached hydrogens (primary N) is 4. The van der Waals surface area contributed by atoms with E-state index >= 15 is 0 Å². The van der Waals surface area contributed by atoms with Gasteiger partial charge in [-0.15, -0.1) is 0 Å². The maximum Gasteiger partial charge on any atom is 0.326 e. The van der Waals surface area contributed by atoms with Gasteiger partial charge in [0.25, 0.3) is 0 Å². The molecule has 0 bridgehead atoms. The number of aliphatic carboxylic acids is 1. The molecule has 0 radical (unpaired) electrons. The first-order valence-corrected chi connectivity index (χ1v) is 8.99. The fraction of sp³-hybridized carbons (Fsp3) is 0.562. The molecular weight excluding hydrogens is 418 g/mol. The van der Waals surface area contributed by atoms with Crippen molar-refractivity contribution in [1.29, 1.82) is 0 Å². The zero-order valence-corrected chi connectivity index (χ0v) is 16.8. The van der Waals surface area contributed by atoms with Crippen molar-refractivity contribution >= 4 is 41.4 Å². The number of primary amides is 3. The Kier molecular flexibility index (Phi) is 11.2. The van der Waals surface area contributed by atoms with Crippen LogP contribution in [0.3, 0.4) is 0 Å². The lowest BCUT2D eigenvalue weighted by atomic mass is 10.1. The Bertz CT molecular complexity index is 739. The molecule has 0 rings (SSSR count). The van der Waals surface area contributed by atoms with E-state index in [1.165, 1.54) is 6.92 Å². The van der Waals surface area contributed by atoms with Crippen LogP contribution >= 0.6 is 0 Å². The van der Waals surface area contributed by atoms with E-state index in [4.69, 9.17) is 28.0 Å². The Labute approximate surface area is 176 Å². The number of amides is 6. The maximum absolute atomic E-state index is 12.5. The molecule has 31 heavy (non-hydrogen) atoms. The molecule has 0 saturated heterocycles. The Morgan fingerprint density at radius 1 is 0.710 bits per heavy atom. The minimum Gasteiger partial charge on any atom is -0.480 e. The number of nitrogens with one attached hydrogen (secondary N) is 3. The number of carboxylic acid groups (broad SMARTS) is 1. The number of rotatable bonds is 14. The topological polar surface area (TPSA) is 280 Å². The quantitative estimate of drug-likeness (QED) is 0.127. The van der Waals surface area contributed by atoms with Crippen LogP contribution in [-0.2, 0) is 33.6 Å². The minimum absolute atomic E-state index is 0.347. The van der Waals surface area contributed by atoms with Gasteiger partial charge in [-0.2, -0.15) is 0 Å². The monoisotopic (exact) mass is 445 g/mol. The summed E-state index contributed by atoms with van der Waals surface area (Å²) >= 11 is 0. The zero-order valence-electron chi connectivity index (χ0n) is 16.8. The van der Waals surface area contributed by atoms with Crippen molar-refractivity contribution in [2.75, 3.05) is 0 Å². The summed E-state index contributed by atoms with van der Waals surface area (Å²) in [6.45, 7) is 1.32.